The van der Waals surface area contributed by atoms with Crippen LogP contribution in [0.3, 0.4) is 0 Å². The van der Waals surface area contributed by atoms with Gasteiger partial charge in [-0.1, -0.05) is 182 Å². The SMILES string of the molecule is c1ccc(-c2cc(-c3nc(-c4ccccc4)nc(-c4ccccc4)n3)cc(-n3c4ccccc4c4cccc(-c5cccc6c7ccccc7n(-c7ccccc7)c56)c43)c2)cc1. The minimum atomic E-state index is 0.606. The summed E-state index contributed by atoms with van der Waals surface area (Å²) in [5, 5.41) is 4.81. The van der Waals surface area contributed by atoms with E-state index in [4.69, 9.17) is 15.0 Å². The summed E-state index contributed by atoms with van der Waals surface area (Å²) >= 11 is 0. The van der Waals surface area contributed by atoms with Crippen LogP contribution in [0.15, 0.2) is 224 Å². The van der Waals surface area contributed by atoms with Crippen LogP contribution >= 0.6 is 0 Å². The molecule has 5 heteroatoms. The van der Waals surface area contributed by atoms with Crippen LogP contribution in [0.25, 0.3) is 111 Å². The summed E-state index contributed by atoms with van der Waals surface area (Å²) in [5.41, 5.74) is 14.0. The van der Waals surface area contributed by atoms with Gasteiger partial charge in [-0.15, -0.1) is 0 Å². The van der Waals surface area contributed by atoms with Crippen molar-refractivity contribution >= 4 is 43.6 Å². The first-order valence-corrected chi connectivity index (χ1v) is 21.0. The Morgan fingerprint density at radius 3 is 1.16 bits per heavy atom. The summed E-state index contributed by atoms with van der Waals surface area (Å²) in [6.07, 6.45) is 0. The average Bonchev–Trinajstić information content (AvgIpc) is 3.88. The maximum atomic E-state index is 5.21. The van der Waals surface area contributed by atoms with Crippen molar-refractivity contribution in [2.24, 2.45) is 0 Å². The van der Waals surface area contributed by atoms with Crippen LogP contribution < -0.4 is 0 Å². The molecule has 0 aliphatic heterocycles. The van der Waals surface area contributed by atoms with Crippen LogP contribution in [0.1, 0.15) is 0 Å². The molecular weight excluding hydrogens is 755 g/mol. The molecule has 0 N–H and O–H groups in total. The lowest BCUT2D eigenvalue weighted by molar-refractivity contribution is 1.07. The molecular formula is C57H37N5. The molecule has 0 aliphatic carbocycles. The summed E-state index contributed by atoms with van der Waals surface area (Å²) in [6.45, 7) is 0. The first-order valence-electron chi connectivity index (χ1n) is 21.0. The molecule has 9 aromatic carbocycles. The van der Waals surface area contributed by atoms with Gasteiger partial charge >= 0.3 is 0 Å². The van der Waals surface area contributed by atoms with Crippen molar-refractivity contribution in [2.45, 2.75) is 0 Å². The Kier molecular flexibility index (Phi) is 8.42. The number of para-hydroxylation sites is 5. The molecule has 0 saturated heterocycles. The highest BCUT2D eigenvalue weighted by atomic mass is 15.0. The minimum Gasteiger partial charge on any atom is -0.309 e. The Hall–Kier alpha value is -8.41. The van der Waals surface area contributed by atoms with E-state index in [1.54, 1.807) is 0 Å². The zero-order chi connectivity index (χ0) is 41.0. The van der Waals surface area contributed by atoms with Crippen molar-refractivity contribution in [1.82, 2.24) is 24.1 Å². The third-order valence-corrected chi connectivity index (χ3v) is 11.9. The Bertz CT molecular complexity index is 3550. The van der Waals surface area contributed by atoms with Gasteiger partial charge in [0, 0.05) is 60.7 Å². The van der Waals surface area contributed by atoms with Gasteiger partial charge in [0.1, 0.15) is 0 Å². The predicted octanol–water partition coefficient (Wildman–Crippen LogP) is 14.4. The number of fused-ring (bicyclic) bond motifs is 6. The number of rotatable bonds is 7. The van der Waals surface area contributed by atoms with Gasteiger partial charge in [0.25, 0.3) is 0 Å². The van der Waals surface area contributed by atoms with Crippen LogP contribution in [-0.2, 0) is 0 Å². The van der Waals surface area contributed by atoms with Crippen LogP contribution in [0, 0.1) is 0 Å². The Morgan fingerprint density at radius 1 is 0.258 bits per heavy atom. The molecule has 0 atom stereocenters. The summed E-state index contributed by atoms with van der Waals surface area (Å²) < 4.78 is 4.87. The highest BCUT2D eigenvalue weighted by Crippen LogP contribution is 2.44. The maximum Gasteiger partial charge on any atom is 0.164 e. The van der Waals surface area contributed by atoms with Gasteiger partial charge in [-0.3, -0.25) is 0 Å². The topological polar surface area (TPSA) is 48.5 Å². The third-order valence-electron chi connectivity index (χ3n) is 11.9. The van der Waals surface area contributed by atoms with E-state index in [-0.39, 0.29) is 0 Å². The first kappa shape index (κ1) is 35.5. The van der Waals surface area contributed by atoms with Crippen LogP contribution in [0.4, 0.5) is 0 Å². The number of aromatic nitrogens is 5. The lowest BCUT2D eigenvalue weighted by Crippen LogP contribution is -2.02. The molecule has 0 amide bonds. The monoisotopic (exact) mass is 791 g/mol. The van der Waals surface area contributed by atoms with E-state index in [0.29, 0.717) is 17.5 Å². The van der Waals surface area contributed by atoms with Crippen molar-refractivity contribution in [2.75, 3.05) is 0 Å². The van der Waals surface area contributed by atoms with E-state index < -0.39 is 0 Å². The van der Waals surface area contributed by atoms with Crippen LogP contribution in [0.5, 0.6) is 0 Å². The highest BCUT2D eigenvalue weighted by molar-refractivity contribution is 6.19. The van der Waals surface area contributed by atoms with Crippen molar-refractivity contribution in [3.05, 3.63) is 224 Å². The Balaban J connectivity index is 1.17. The summed E-state index contributed by atoms with van der Waals surface area (Å²) in [7, 11) is 0. The second-order valence-corrected chi connectivity index (χ2v) is 15.6. The predicted molar refractivity (Wildman–Crippen MR) is 256 cm³/mol. The molecule has 5 nitrogen and oxygen atoms in total. The smallest absolute Gasteiger partial charge is 0.164 e. The van der Waals surface area contributed by atoms with Crippen molar-refractivity contribution < 1.29 is 0 Å². The van der Waals surface area contributed by atoms with Gasteiger partial charge in [0.05, 0.1) is 22.1 Å². The van der Waals surface area contributed by atoms with Crippen LogP contribution in [0.2, 0.25) is 0 Å². The summed E-state index contributed by atoms with van der Waals surface area (Å²) in [4.78, 5) is 15.4. The normalized spacial score (nSPS) is 11.5. The Morgan fingerprint density at radius 2 is 0.645 bits per heavy atom. The zero-order valence-electron chi connectivity index (χ0n) is 33.6. The molecule has 0 fully saturated rings. The van der Waals surface area contributed by atoms with Crippen LogP contribution in [-0.4, -0.2) is 24.1 Å². The minimum absolute atomic E-state index is 0.606. The van der Waals surface area contributed by atoms with Gasteiger partial charge in [-0.05, 0) is 53.6 Å². The molecule has 290 valence electrons. The van der Waals surface area contributed by atoms with E-state index in [0.717, 1.165) is 61.4 Å². The molecule has 0 bridgehead atoms. The molecule has 0 radical (unpaired) electrons. The summed E-state index contributed by atoms with van der Waals surface area (Å²) in [6, 6.07) is 79.4. The Labute approximate surface area is 358 Å². The molecule has 0 spiro atoms. The fourth-order valence-corrected chi connectivity index (χ4v) is 9.19. The van der Waals surface area contributed by atoms with Gasteiger partial charge in [0.2, 0.25) is 0 Å². The van der Waals surface area contributed by atoms with Gasteiger partial charge in [-0.2, -0.15) is 0 Å². The first-order chi connectivity index (χ1) is 30.8. The van der Waals surface area contributed by atoms with Crippen molar-refractivity contribution in [3.63, 3.8) is 0 Å². The molecule has 3 heterocycles. The van der Waals surface area contributed by atoms with Gasteiger partial charge < -0.3 is 9.13 Å². The lowest BCUT2D eigenvalue weighted by Gasteiger charge is -2.17. The van der Waals surface area contributed by atoms with E-state index in [2.05, 4.69) is 197 Å². The van der Waals surface area contributed by atoms with Crippen molar-refractivity contribution in [3.8, 4) is 67.8 Å². The standard InChI is InChI=1S/C57H37N5/c1-5-19-38(20-6-1)41-35-42(57-59-55(39-21-7-2-8-22-39)58-56(60-57)40-23-9-3-10-24-40)37-44(36-41)62-52-34-16-14-28-46(52)48-30-18-32-50(54(48)62)49-31-17-29-47-45-27-13-15-33-51(45)61(53(47)49)43-25-11-4-12-26-43/h1-37H. The molecule has 0 unspecified atom stereocenters. The number of benzene rings is 9. The number of nitrogens with zero attached hydrogens (tertiary/aromatic N) is 5. The number of hydrogen-bond donors (Lipinski definition) is 0. The zero-order valence-corrected chi connectivity index (χ0v) is 33.6. The highest BCUT2D eigenvalue weighted by Gasteiger charge is 2.22. The largest absolute Gasteiger partial charge is 0.309 e. The maximum absolute atomic E-state index is 5.21. The fraction of sp³-hybridized carbons (Fsp3) is 0. The lowest BCUT2D eigenvalue weighted by atomic mass is 9.98. The van der Waals surface area contributed by atoms with E-state index in [1.165, 1.54) is 32.6 Å². The third kappa shape index (κ3) is 5.90. The van der Waals surface area contributed by atoms with E-state index in [1.807, 2.05) is 36.4 Å². The molecule has 12 aromatic rings. The quantitative estimate of drug-likeness (QED) is 0.162. The van der Waals surface area contributed by atoms with Gasteiger partial charge in [0.15, 0.2) is 17.5 Å². The molecule has 62 heavy (non-hydrogen) atoms. The fourth-order valence-electron chi connectivity index (χ4n) is 9.19. The second-order valence-electron chi connectivity index (χ2n) is 15.6. The molecule has 12 rings (SSSR count). The van der Waals surface area contributed by atoms with E-state index in [9.17, 15) is 0 Å². The van der Waals surface area contributed by atoms with E-state index >= 15 is 0 Å². The average molecular weight is 792 g/mol. The summed E-state index contributed by atoms with van der Waals surface area (Å²) in [5.74, 6) is 1.86. The number of hydrogen-bond acceptors (Lipinski definition) is 3. The molecule has 3 aromatic heterocycles. The van der Waals surface area contributed by atoms with Gasteiger partial charge in [-0.25, -0.2) is 15.0 Å². The second kappa shape index (κ2) is 14.7. The van der Waals surface area contributed by atoms with Crippen molar-refractivity contribution in [1.29, 1.82) is 0 Å². The molecule has 0 saturated carbocycles. The molecule has 0 aliphatic rings.